The number of para-hydroxylation sites is 7. The van der Waals surface area contributed by atoms with E-state index < -0.39 is 0 Å². The van der Waals surface area contributed by atoms with Crippen LogP contribution >= 0.6 is 0 Å². The second kappa shape index (κ2) is 12.9. The predicted molar refractivity (Wildman–Crippen MR) is 254 cm³/mol. The van der Waals surface area contributed by atoms with Crippen molar-refractivity contribution in [2.24, 2.45) is 0 Å². The van der Waals surface area contributed by atoms with Gasteiger partial charge in [-0.15, -0.1) is 0 Å². The Balaban J connectivity index is 1.14. The third-order valence-electron chi connectivity index (χ3n) is 13.0. The maximum atomic E-state index is 2.58. The average Bonchev–Trinajstić information content (AvgIpc) is 3.32. The molecular weight excluding hydrogens is 726 g/mol. The summed E-state index contributed by atoms with van der Waals surface area (Å²) in [6, 6.07) is 80.6. The van der Waals surface area contributed by atoms with Gasteiger partial charge in [0.2, 0.25) is 6.71 Å². The van der Waals surface area contributed by atoms with Crippen LogP contribution in [0, 0.1) is 0 Å². The predicted octanol–water partition coefficient (Wildman–Crippen LogP) is 9.85. The number of rotatable bonds is 4. The van der Waals surface area contributed by atoms with Crippen LogP contribution in [0.15, 0.2) is 218 Å². The SMILES string of the molecule is c1ccc(B2c3cc4c(cc3N3c5ccccc5N(c5ccccc5)c5cccc2c53)N(c2ccccc2)c2cccc3c2B4c2ccccc2N3c2ccccc2)cc1. The van der Waals surface area contributed by atoms with E-state index in [4.69, 9.17) is 0 Å². The lowest BCUT2D eigenvalue weighted by molar-refractivity contribution is 1.17. The van der Waals surface area contributed by atoms with Crippen molar-refractivity contribution in [3.05, 3.63) is 218 Å². The van der Waals surface area contributed by atoms with E-state index in [0.29, 0.717) is 0 Å². The summed E-state index contributed by atoms with van der Waals surface area (Å²) in [4.78, 5) is 10.00. The second-order valence-corrected chi connectivity index (χ2v) is 16.1. The number of benzene rings is 9. The van der Waals surface area contributed by atoms with Gasteiger partial charge in [-0.25, -0.2) is 0 Å². The van der Waals surface area contributed by atoms with Gasteiger partial charge in [-0.05, 0) is 106 Å². The van der Waals surface area contributed by atoms with Crippen molar-refractivity contribution in [2.75, 3.05) is 19.6 Å². The molecule has 0 aliphatic carbocycles. The van der Waals surface area contributed by atoms with Gasteiger partial charge in [0.25, 0.3) is 6.71 Å². The van der Waals surface area contributed by atoms with Gasteiger partial charge >= 0.3 is 0 Å². The van der Waals surface area contributed by atoms with E-state index in [1.165, 1.54) is 78.3 Å². The molecule has 0 bridgehead atoms. The summed E-state index contributed by atoms with van der Waals surface area (Å²) in [6.07, 6.45) is 0. The number of hydrogen-bond acceptors (Lipinski definition) is 4. The zero-order valence-corrected chi connectivity index (χ0v) is 32.7. The molecule has 0 unspecified atom stereocenters. The third-order valence-corrected chi connectivity index (χ3v) is 13.0. The molecule has 4 aliphatic rings. The van der Waals surface area contributed by atoms with Gasteiger partial charge in [-0.3, -0.25) is 0 Å². The Morgan fingerprint density at radius 2 is 0.667 bits per heavy atom. The van der Waals surface area contributed by atoms with Crippen LogP contribution in [0.2, 0.25) is 0 Å². The van der Waals surface area contributed by atoms with Crippen LogP contribution in [-0.2, 0) is 0 Å². The minimum atomic E-state index is 0.00190. The Morgan fingerprint density at radius 1 is 0.250 bits per heavy atom. The van der Waals surface area contributed by atoms with Crippen LogP contribution in [0.1, 0.15) is 0 Å². The molecule has 9 aromatic rings. The molecule has 0 amide bonds. The van der Waals surface area contributed by atoms with Crippen LogP contribution in [0.4, 0.5) is 68.2 Å². The standard InChI is InChI=1S/C54H36B2N4/c1-5-19-37(20-6-1)55-42-28-17-34-50-54(42)60(47-31-16-15-30-46(47)58(50)39-23-9-3-10-24-39)52-36-51-44(35-43(52)55)56-41-27-13-14-29-45(41)57(38-21-7-2-8-22-38)48-32-18-33-49(53(48)56)59(51)40-25-11-4-12-26-40/h1-36H. The third kappa shape index (κ3) is 4.64. The fourth-order valence-electron chi connectivity index (χ4n) is 10.6. The maximum Gasteiger partial charge on any atom is 0.252 e. The molecule has 6 heteroatoms. The minimum Gasteiger partial charge on any atom is -0.311 e. The first-order chi connectivity index (χ1) is 29.8. The zero-order chi connectivity index (χ0) is 39.3. The molecule has 60 heavy (non-hydrogen) atoms. The summed E-state index contributed by atoms with van der Waals surface area (Å²) < 4.78 is 0. The first-order valence-corrected chi connectivity index (χ1v) is 20.9. The molecule has 13 rings (SSSR count). The number of hydrogen-bond donors (Lipinski definition) is 0. The van der Waals surface area contributed by atoms with E-state index in [9.17, 15) is 0 Å². The summed E-state index contributed by atoms with van der Waals surface area (Å²) >= 11 is 0. The summed E-state index contributed by atoms with van der Waals surface area (Å²) in [6.45, 7) is 0.0149. The highest BCUT2D eigenvalue weighted by Crippen LogP contribution is 2.55. The van der Waals surface area contributed by atoms with Crippen LogP contribution in [0.25, 0.3) is 0 Å². The molecule has 0 radical (unpaired) electrons. The fraction of sp³-hybridized carbons (Fsp3) is 0. The van der Waals surface area contributed by atoms with Crippen molar-refractivity contribution in [1.29, 1.82) is 0 Å². The Bertz CT molecular complexity index is 2930. The Kier molecular flexibility index (Phi) is 7.16. The molecule has 0 saturated heterocycles. The lowest BCUT2D eigenvalue weighted by Gasteiger charge is -2.48. The van der Waals surface area contributed by atoms with Gasteiger partial charge in [0.05, 0.1) is 22.7 Å². The van der Waals surface area contributed by atoms with Gasteiger partial charge in [-0.2, -0.15) is 0 Å². The highest BCUT2D eigenvalue weighted by Gasteiger charge is 2.47. The first kappa shape index (κ1) is 33.3. The van der Waals surface area contributed by atoms with Crippen molar-refractivity contribution >= 4 is 114 Å². The molecular formula is C54H36B2N4. The topological polar surface area (TPSA) is 13.0 Å². The van der Waals surface area contributed by atoms with Gasteiger partial charge in [0, 0.05) is 45.5 Å². The molecule has 0 fully saturated rings. The smallest absolute Gasteiger partial charge is 0.252 e. The van der Waals surface area contributed by atoms with E-state index in [-0.39, 0.29) is 13.4 Å². The van der Waals surface area contributed by atoms with Gasteiger partial charge < -0.3 is 19.6 Å². The molecule has 0 spiro atoms. The van der Waals surface area contributed by atoms with Gasteiger partial charge in [-0.1, -0.05) is 145 Å². The lowest BCUT2D eigenvalue weighted by Crippen LogP contribution is -2.64. The summed E-state index contributed by atoms with van der Waals surface area (Å²) in [5, 5.41) is 0. The quantitative estimate of drug-likeness (QED) is 0.166. The van der Waals surface area contributed by atoms with E-state index in [2.05, 4.69) is 238 Å². The summed E-state index contributed by atoms with van der Waals surface area (Å²) in [7, 11) is 0. The van der Waals surface area contributed by atoms with Crippen molar-refractivity contribution in [1.82, 2.24) is 0 Å². The van der Waals surface area contributed by atoms with Crippen molar-refractivity contribution in [2.45, 2.75) is 0 Å². The van der Waals surface area contributed by atoms with Crippen LogP contribution < -0.4 is 52.4 Å². The van der Waals surface area contributed by atoms with Crippen LogP contribution in [0.3, 0.4) is 0 Å². The van der Waals surface area contributed by atoms with E-state index in [1.807, 2.05) is 0 Å². The van der Waals surface area contributed by atoms with Crippen molar-refractivity contribution in [3.8, 4) is 0 Å². The van der Waals surface area contributed by atoms with Crippen molar-refractivity contribution < 1.29 is 0 Å². The molecule has 278 valence electrons. The number of nitrogens with zero attached hydrogens (tertiary/aromatic N) is 4. The lowest BCUT2D eigenvalue weighted by atomic mass is 9.31. The average molecular weight is 763 g/mol. The molecule has 0 N–H and O–H groups in total. The number of anilines is 12. The number of fused-ring (bicyclic) bond motifs is 8. The van der Waals surface area contributed by atoms with E-state index >= 15 is 0 Å². The van der Waals surface area contributed by atoms with Gasteiger partial charge in [0.1, 0.15) is 0 Å². The minimum absolute atomic E-state index is 0.00190. The van der Waals surface area contributed by atoms with Crippen LogP contribution in [0.5, 0.6) is 0 Å². The molecule has 4 heterocycles. The van der Waals surface area contributed by atoms with Gasteiger partial charge in [0.15, 0.2) is 0 Å². The van der Waals surface area contributed by atoms with Crippen molar-refractivity contribution in [3.63, 3.8) is 0 Å². The Labute approximate surface area is 351 Å². The Hall–Kier alpha value is -7.69. The molecule has 0 aromatic heterocycles. The Morgan fingerprint density at radius 3 is 1.30 bits per heavy atom. The largest absolute Gasteiger partial charge is 0.311 e. The summed E-state index contributed by atoms with van der Waals surface area (Å²) in [5.74, 6) is 0. The summed E-state index contributed by atoms with van der Waals surface area (Å²) in [5.41, 5.74) is 22.1. The maximum absolute atomic E-state index is 2.58. The molecule has 4 nitrogen and oxygen atoms in total. The zero-order valence-electron chi connectivity index (χ0n) is 32.7. The van der Waals surface area contributed by atoms with Crippen LogP contribution in [-0.4, -0.2) is 13.4 Å². The fourth-order valence-corrected chi connectivity index (χ4v) is 10.6. The second-order valence-electron chi connectivity index (χ2n) is 16.1. The molecule has 4 aliphatic heterocycles. The highest BCUT2D eigenvalue weighted by molar-refractivity contribution is 7.02. The van der Waals surface area contributed by atoms with E-state index in [1.54, 1.807) is 0 Å². The normalized spacial score (nSPS) is 13.8. The molecule has 9 aromatic carbocycles. The molecule has 0 saturated carbocycles. The first-order valence-electron chi connectivity index (χ1n) is 20.9. The van der Waals surface area contributed by atoms with E-state index in [0.717, 1.165) is 22.7 Å². The monoisotopic (exact) mass is 762 g/mol. The highest BCUT2D eigenvalue weighted by atomic mass is 15.3. The molecule has 0 atom stereocenters.